The summed E-state index contributed by atoms with van der Waals surface area (Å²) in [5, 5.41) is 17.1. The minimum Gasteiger partial charge on any atom is -0.390 e. The van der Waals surface area contributed by atoms with Crippen LogP contribution < -0.4 is 0 Å². The molecule has 3 aromatic rings. The quantitative estimate of drug-likeness (QED) is 0.804. The zero-order valence-electron chi connectivity index (χ0n) is 11.8. The van der Waals surface area contributed by atoms with Gasteiger partial charge in [0.2, 0.25) is 0 Å². The Morgan fingerprint density at radius 1 is 0.957 bits per heavy atom. The molecule has 0 aliphatic rings. The number of alkyl halides is 3. The van der Waals surface area contributed by atoms with Crippen molar-refractivity contribution in [3.8, 4) is 16.9 Å². The van der Waals surface area contributed by atoms with Crippen molar-refractivity contribution in [1.82, 2.24) is 15.0 Å². The van der Waals surface area contributed by atoms with Gasteiger partial charge in [-0.05, 0) is 12.1 Å². The van der Waals surface area contributed by atoms with Gasteiger partial charge in [0.05, 0.1) is 17.9 Å². The third-order valence-electron chi connectivity index (χ3n) is 3.37. The van der Waals surface area contributed by atoms with Gasteiger partial charge in [-0.3, -0.25) is 0 Å². The molecular formula is C16H12F3N3O. The van der Waals surface area contributed by atoms with E-state index in [0.717, 1.165) is 10.7 Å². The smallest absolute Gasteiger partial charge is 0.390 e. The maximum absolute atomic E-state index is 13.2. The molecule has 0 aliphatic carbocycles. The molecule has 0 spiro atoms. The molecule has 118 valence electrons. The standard InChI is InChI=1S/C16H12F3N3O/c17-16(18,19)12-8-4-5-9-14(12)22-15(13(10-23)20-21-22)11-6-2-1-3-7-11/h1-9,23H,10H2. The van der Waals surface area contributed by atoms with Crippen LogP contribution in [0.25, 0.3) is 16.9 Å². The molecule has 3 rings (SSSR count). The molecule has 0 amide bonds. The third-order valence-corrected chi connectivity index (χ3v) is 3.37. The molecule has 0 saturated heterocycles. The molecule has 0 unspecified atom stereocenters. The van der Waals surface area contributed by atoms with E-state index >= 15 is 0 Å². The van der Waals surface area contributed by atoms with Crippen LogP contribution in [0.2, 0.25) is 0 Å². The van der Waals surface area contributed by atoms with Crippen molar-refractivity contribution in [3.63, 3.8) is 0 Å². The van der Waals surface area contributed by atoms with Crippen molar-refractivity contribution in [3.05, 3.63) is 65.9 Å². The van der Waals surface area contributed by atoms with E-state index in [-0.39, 0.29) is 11.4 Å². The maximum Gasteiger partial charge on any atom is 0.418 e. The molecule has 1 N–H and O–H groups in total. The largest absolute Gasteiger partial charge is 0.418 e. The van der Waals surface area contributed by atoms with Crippen molar-refractivity contribution >= 4 is 0 Å². The van der Waals surface area contributed by atoms with E-state index in [1.54, 1.807) is 30.3 Å². The minimum absolute atomic E-state index is 0.133. The second-order valence-electron chi connectivity index (χ2n) is 4.84. The first-order valence-corrected chi connectivity index (χ1v) is 6.80. The van der Waals surface area contributed by atoms with Crippen LogP contribution in [0.1, 0.15) is 11.3 Å². The monoisotopic (exact) mass is 319 g/mol. The lowest BCUT2D eigenvalue weighted by atomic mass is 10.1. The van der Waals surface area contributed by atoms with Crippen LogP contribution in [-0.4, -0.2) is 20.1 Å². The van der Waals surface area contributed by atoms with Gasteiger partial charge in [-0.25, -0.2) is 4.68 Å². The molecule has 0 saturated carbocycles. The van der Waals surface area contributed by atoms with Crippen LogP contribution in [0, 0.1) is 0 Å². The Labute approximate surface area is 129 Å². The van der Waals surface area contributed by atoms with E-state index in [0.29, 0.717) is 11.3 Å². The number of aromatic nitrogens is 3. The van der Waals surface area contributed by atoms with Crippen molar-refractivity contribution in [2.75, 3.05) is 0 Å². The molecule has 0 fully saturated rings. The predicted octanol–water partition coefficient (Wildman–Crippen LogP) is 3.45. The van der Waals surface area contributed by atoms with E-state index in [1.807, 2.05) is 0 Å². The topological polar surface area (TPSA) is 50.9 Å². The lowest BCUT2D eigenvalue weighted by Gasteiger charge is -2.14. The van der Waals surface area contributed by atoms with Crippen LogP contribution in [0.15, 0.2) is 54.6 Å². The lowest BCUT2D eigenvalue weighted by molar-refractivity contribution is -0.137. The van der Waals surface area contributed by atoms with Gasteiger partial charge in [0.25, 0.3) is 0 Å². The van der Waals surface area contributed by atoms with E-state index < -0.39 is 18.3 Å². The molecule has 0 radical (unpaired) electrons. The van der Waals surface area contributed by atoms with Gasteiger partial charge in [0, 0.05) is 5.56 Å². The average Bonchev–Trinajstić information content (AvgIpc) is 2.98. The number of para-hydroxylation sites is 1. The van der Waals surface area contributed by atoms with Gasteiger partial charge in [0.15, 0.2) is 0 Å². The highest BCUT2D eigenvalue weighted by Crippen LogP contribution is 2.35. The molecule has 1 aromatic heterocycles. The summed E-state index contributed by atoms with van der Waals surface area (Å²) >= 11 is 0. The molecule has 0 atom stereocenters. The molecule has 2 aromatic carbocycles. The molecule has 4 nitrogen and oxygen atoms in total. The first-order chi connectivity index (χ1) is 11.0. The summed E-state index contributed by atoms with van der Waals surface area (Å²) in [5.74, 6) is 0. The van der Waals surface area contributed by atoms with E-state index in [1.165, 1.54) is 18.2 Å². The average molecular weight is 319 g/mol. The third kappa shape index (κ3) is 2.83. The maximum atomic E-state index is 13.2. The second-order valence-corrected chi connectivity index (χ2v) is 4.84. The van der Waals surface area contributed by atoms with E-state index in [4.69, 9.17) is 0 Å². The SMILES string of the molecule is OCc1nnn(-c2ccccc2C(F)(F)F)c1-c1ccccc1. The first-order valence-electron chi connectivity index (χ1n) is 6.80. The summed E-state index contributed by atoms with van der Waals surface area (Å²) in [6.45, 7) is -0.418. The zero-order valence-corrected chi connectivity index (χ0v) is 11.8. The number of nitrogens with zero attached hydrogens (tertiary/aromatic N) is 3. The van der Waals surface area contributed by atoms with Gasteiger partial charge in [-0.15, -0.1) is 5.10 Å². The number of hydrogen-bond acceptors (Lipinski definition) is 3. The van der Waals surface area contributed by atoms with Crippen LogP contribution in [0.4, 0.5) is 13.2 Å². The fourth-order valence-electron chi connectivity index (χ4n) is 2.37. The molecule has 0 bridgehead atoms. The first kappa shape index (κ1) is 15.2. The van der Waals surface area contributed by atoms with Crippen molar-refractivity contribution in [2.45, 2.75) is 12.8 Å². The highest BCUT2D eigenvalue weighted by atomic mass is 19.4. The Bertz CT molecular complexity index is 813. The Morgan fingerprint density at radius 2 is 1.61 bits per heavy atom. The van der Waals surface area contributed by atoms with Gasteiger partial charge < -0.3 is 5.11 Å². The van der Waals surface area contributed by atoms with Gasteiger partial charge in [-0.1, -0.05) is 47.7 Å². The number of benzene rings is 2. The summed E-state index contributed by atoms with van der Waals surface area (Å²) in [4.78, 5) is 0. The van der Waals surface area contributed by atoms with Crippen molar-refractivity contribution in [1.29, 1.82) is 0 Å². The highest BCUT2D eigenvalue weighted by molar-refractivity contribution is 5.65. The molecular weight excluding hydrogens is 307 g/mol. The number of hydrogen-bond donors (Lipinski definition) is 1. The summed E-state index contributed by atoms with van der Waals surface area (Å²) in [6.07, 6.45) is -4.52. The second kappa shape index (κ2) is 5.85. The summed E-state index contributed by atoms with van der Waals surface area (Å²) in [7, 11) is 0. The fourth-order valence-corrected chi connectivity index (χ4v) is 2.37. The Kier molecular flexibility index (Phi) is 3.87. The number of rotatable bonds is 3. The van der Waals surface area contributed by atoms with Crippen LogP contribution in [0.3, 0.4) is 0 Å². The summed E-state index contributed by atoms with van der Waals surface area (Å²) in [6, 6.07) is 13.9. The Morgan fingerprint density at radius 3 is 2.26 bits per heavy atom. The number of aliphatic hydroxyl groups excluding tert-OH is 1. The molecule has 1 heterocycles. The van der Waals surface area contributed by atoms with Gasteiger partial charge in [-0.2, -0.15) is 13.2 Å². The number of halogens is 3. The normalized spacial score (nSPS) is 11.7. The number of aliphatic hydroxyl groups is 1. The van der Waals surface area contributed by atoms with Gasteiger partial charge >= 0.3 is 6.18 Å². The molecule has 23 heavy (non-hydrogen) atoms. The summed E-state index contributed by atoms with van der Waals surface area (Å²) in [5.41, 5.74) is 0.231. The van der Waals surface area contributed by atoms with Crippen LogP contribution >= 0.6 is 0 Å². The van der Waals surface area contributed by atoms with E-state index in [2.05, 4.69) is 10.3 Å². The summed E-state index contributed by atoms with van der Waals surface area (Å²) < 4.78 is 40.9. The zero-order chi connectivity index (χ0) is 16.4. The van der Waals surface area contributed by atoms with Crippen molar-refractivity contribution < 1.29 is 18.3 Å². The minimum atomic E-state index is -4.52. The fraction of sp³-hybridized carbons (Fsp3) is 0.125. The van der Waals surface area contributed by atoms with E-state index in [9.17, 15) is 18.3 Å². The predicted molar refractivity (Wildman–Crippen MR) is 77.7 cm³/mol. The molecule has 7 heteroatoms. The van der Waals surface area contributed by atoms with Crippen molar-refractivity contribution in [2.24, 2.45) is 0 Å². The Balaban J connectivity index is 2.26. The highest BCUT2D eigenvalue weighted by Gasteiger charge is 2.34. The van der Waals surface area contributed by atoms with Gasteiger partial charge in [0.1, 0.15) is 11.4 Å². The van der Waals surface area contributed by atoms with Crippen LogP contribution in [0.5, 0.6) is 0 Å². The Hall–Kier alpha value is -2.67. The van der Waals surface area contributed by atoms with Crippen LogP contribution in [-0.2, 0) is 12.8 Å². The lowest BCUT2D eigenvalue weighted by Crippen LogP contribution is -2.12. The molecule has 0 aliphatic heterocycles.